The molecular formula is C25H20F3N3O3S. The Hall–Kier alpha value is -3.53. The number of ether oxygens (including phenoxy) is 1. The molecule has 0 unspecified atom stereocenters. The van der Waals surface area contributed by atoms with Crippen LogP contribution in [0.4, 0.5) is 23.7 Å². The number of alkyl halides is 3. The van der Waals surface area contributed by atoms with Crippen molar-refractivity contribution in [1.82, 2.24) is 9.88 Å². The molecule has 1 saturated heterocycles. The van der Waals surface area contributed by atoms with Crippen LogP contribution in [0, 0.1) is 0 Å². The summed E-state index contributed by atoms with van der Waals surface area (Å²) < 4.78 is 43.2. The standard InChI is InChI=1S/C25H20F3N3O3S/c1-34-19-6-2-16(3-7-19)21-14-29-13-10-17(21)15-30-23(33)31(22(32)24(30)11-12-24)18-4-8-20(9-5-18)35-25(26,27)28/h2-10,13-14H,11-12,15H2,1H3. The van der Waals surface area contributed by atoms with Gasteiger partial charge in [0.2, 0.25) is 0 Å². The first kappa shape index (κ1) is 23.2. The number of nitrogens with zero attached hydrogens (tertiary/aromatic N) is 3. The van der Waals surface area contributed by atoms with Crippen molar-refractivity contribution in [1.29, 1.82) is 0 Å². The van der Waals surface area contributed by atoms with Crippen LogP contribution >= 0.6 is 11.8 Å². The molecule has 35 heavy (non-hydrogen) atoms. The molecule has 0 N–H and O–H groups in total. The first-order valence-electron chi connectivity index (χ1n) is 10.8. The van der Waals surface area contributed by atoms with E-state index in [2.05, 4.69) is 4.98 Å². The molecule has 0 bridgehead atoms. The molecule has 6 nitrogen and oxygen atoms in total. The Morgan fingerprint density at radius 1 is 1.03 bits per heavy atom. The second-order valence-corrected chi connectivity index (χ2v) is 9.48. The predicted molar refractivity (Wildman–Crippen MR) is 125 cm³/mol. The number of benzene rings is 2. The van der Waals surface area contributed by atoms with E-state index >= 15 is 0 Å². The highest BCUT2D eigenvalue weighted by Gasteiger charge is 2.65. The molecule has 2 aromatic carbocycles. The number of urea groups is 1. The fourth-order valence-corrected chi connectivity index (χ4v) is 4.86. The largest absolute Gasteiger partial charge is 0.497 e. The van der Waals surface area contributed by atoms with E-state index in [1.54, 1.807) is 24.4 Å². The minimum absolute atomic E-state index is 0.0146. The van der Waals surface area contributed by atoms with Crippen LogP contribution in [0.25, 0.3) is 11.1 Å². The second kappa shape index (κ2) is 8.60. The van der Waals surface area contributed by atoms with Crippen molar-refractivity contribution in [2.24, 2.45) is 0 Å². The summed E-state index contributed by atoms with van der Waals surface area (Å²) in [6.07, 6.45) is 4.44. The molecule has 1 aliphatic heterocycles. The van der Waals surface area contributed by atoms with Crippen LogP contribution in [-0.4, -0.2) is 40.0 Å². The lowest BCUT2D eigenvalue weighted by Crippen LogP contribution is -2.36. The number of anilines is 1. The Labute approximate surface area is 203 Å². The molecule has 1 saturated carbocycles. The Morgan fingerprint density at radius 3 is 2.31 bits per heavy atom. The van der Waals surface area contributed by atoms with E-state index in [0.29, 0.717) is 18.6 Å². The highest BCUT2D eigenvalue weighted by atomic mass is 32.2. The van der Waals surface area contributed by atoms with Gasteiger partial charge < -0.3 is 9.64 Å². The Kier molecular flexibility index (Phi) is 5.71. The molecule has 0 atom stereocenters. The third-order valence-electron chi connectivity index (χ3n) is 6.23. The van der Waals surface area contributed by atoms with Crippen molar-refractivity contribution >= 4 is 29.4 Å². The van der Waals surface area contributed by atoms with Crippen LogP contribution in [0.2, 0.25) is 0 Å². The number of carbonyl (C=O) groups excluding carboxylic acids is 2. The first-order valence-corrected chi connectivity index (χ1v) is 11.6. The van der Waals surface area contributed by atoms with Gasteiger partial charge >= 0.3 is 11.5 Å². The van der Waals surface area contributed by atoms with Crippen LogP contribution in [-0.2, 0) is 11.3 Å². The summed E-state index contributed by atoms with van der Waals surface area (Å²) in [5.74, 6) is 0.366. The van der Waals surface area contributed by atoms with Crippen molar-refractivity contribution in [3.05, 3.63) is 72.6 Å². The smallest absolute Gasteiger partial charge is 0.446 e. The van der Waals surface area contributed by atoms with Crippen molar-refractivity contribution < 1.29 is 27.5 Å². The van der Waals surface area contributed by atoms with Gasteiger partial charge in [-0.25, -0.2) is 9.69 Å². The van der Waals surface area contributed by atoms with Crippen molar-refractivity contribution in [3.63, 3.8) is 0 Å². The minimum atomic E-state index is -4.41. The normalized spacial score (nSPS) is 16.8. The molecule has 1 spiro atoms. The zero-order valence-electron chi connectivity index (χ0n) is 18.6. The van der Waals surface area contributed by atoms with Gasteiger partial charge in [0.25, 0.3) is 5.91 Å². The van der Waals surface area contributed by atoms with Crippen molar-refractivity contribution in [3.8, 4) is 16.9 Å². The summed E-state index contributed by atoms with van der Waals surface area (Å²) in [5, 5.41) is 0. The number of carbonyl (C=O) groups is 2. The van der Waals surface area contributed by atoms with Gasteiger partial charge in [-0.3, -0.25) is 9.78 Å². The Balaban J connectivity index is 1.42. The summed E-state index contributed by atoms with van der Waals surface area (Å²) in [4.78, 5) is 33.6. The number of amides is 3. The van der Waals surface area contributed by atoms with E-state index in [4.69, 9.17) is 4.74 Å². The maximum absolute atomic E-state index is 13.4. The van der Waals surface area contributed by atoms with Gasteiger partial charge in [-0.05, 0) is 78.2 Å². The number of rotatable bonds is 6. The van der Waals surface area contributed by atoms with Crippen LogP contribution in [0.15, 0.2) is 71.9 Å². The Morgan fingerprint density at radius 2 is 1.71 bits per heavy atom. The quantitative estimate of drug-likeness (QED) is 0.314. The number of hydrogen-bond acceptors (Lipinski definition) is 5. The number of halogens is 3. The van der Waals surface area contributed by atoms with Crippen molar-refractivity contribution in [2.75, 3.05) is 12.0 Å². The van der Waals surface area contributed by atoms with Gasteiger partial charge in [0.1, 0.15) is 11.3 Å². The molecule has 0 radical (unpaired) electrons. The number of thioether (sulfide) groups is 1. The van der Waals surface area contributed by atoms with Gasteiger partial charge in [0.05, 0.1) is 12.8 Å². The molecule has 2 heterocycles. The van der Waals surface area contributed by atoms with E-state index < -0.39 is 17.1 Å². The van der Waals surface area contributed by atoms with Crippen LogP contribution in [0.5, 0.6) is 5.75 Å². The summed E-state index contributed by atoms with van der Waals surface area (Å²) in [5.41, 5.74) is -2.52. The number of aromatic nitrogens is 1. The molecule has 1 aliphatic carbocycles. The van der Waals surface area contributed by atoms with E-state index in [-0.39, 0.29) is 34.8 Å². The van der Waals surface area contributed by atoms with E-state index in [1.807, 2.05) is 30.3 Å². The van der Waals surface area contributed by atoms with Gasteiger partial charge in [0.15, 0.2) is 0 Å². The van der Waals surface area contributed by atoms with Crippen molar-refractivity contribution in [2.45, 2.75) is 35.3 Å². The van der Waals surface area contributed by atoms with Gasteiger partial charge in [0, 0.05) is 29.4 Å². The summed E-state index contributed by atoms with van der Waals surface area (Å²) in [7, 11) is 1.59. The zero-order chi connectivity index (χ0) is 24.8. The zero-order valence-corrected chi connectivity index (χ0v) is 19.4. The fourth-order valence-electron chi connectivity index (χ4n) is 4.32. The highest BCUT2D eigenvalue weighted by molar-refractivity contribution is 8.00. The van der Waals surface area contributed by atoms with Crippen LogP contribution in [0.1, 0.15) is 18.4 Å². The summed E-state index contributed by atoms with van der Waals surface area (Å²) in [6.45, 7) is 0.201. The lowest BCUT2D eigenvalue weighted by Gasteiger charge is -2.23. The molecule has 180 valence electrons. The summed E-state index contributed by atoms with van der Waals surface area (Å²) in [6, 6.07) is 14.1. The predicted octanol–water partition coefficient (Wildman–Crippen LogP) is 5.87. The monoisotopic (exact) mass is 499 g/mol. The van der Waals surface area contributed by atoms with Gasteiger partial charge in [-0.15, -0.1) is 0 Å². The SMILES string of the molecule is COc1ccc(-c2cnccc2CN2C(=O)N(c3ccc(SC(F)(F)F)cc3)C(=O)C23CC3)cc1. The average molecular weight is 500 g/mol. The molecule has 3 aromatic rings. The Bertz CT molecular complexity index is 1280. The number of imide groups is 1. The second-order valence-electron chi connectivity index (χ2n) is 8.34. The van der Waals surface area contributed by atoms with Crippen LogP contribution in [0.3, 0.4) is 0 Å². The van der Waals surface area contributed by atoms with Gasteiger partial charge in [-0.1, -0.05) is 12.1 Å². The molecule has 10 heteroatoms. The molecule has 2 aliphatic rings. The average Bonchev–Trinajstić information content (AvgIpc) is 3.61. The molecule has 3 amide bonds. The maximum atomic E-state index is 13.4. The van der Waals surface area contributed by atoms with Gasteiger partial charge in [-0.2, -0.15) is 13.2 Å². The number of methoxy groups -OCH3 is 1. The third-order valence-corrected chi connectivity index (χ3v) is 6.97. The number of pyridine rings is 1. The maximum Gasteiger partial charge on any atom is 0.446 e. The van der Waals surface area contributed by atoms with Crippen LogP contribution < -0.4 is 9.64 Å². The molecule has 5 rings (SSSR count). The summed E-state index contributed by atoms with van der Waals surface area (Å²) >= 11 is -0.243. The topological polar surface area (TPSA) is 62.7 Å². The minimum Gasteiger partial charge on any atom is -0.497 e. The lowest BCUT2D eigenvalue weighted by molar-refractivity contribution is -0.120. The first-order chi connectivity index (χ1) is 16.7. The van der Waals surface area contributed by atoms with E-state index in [0.717, 1.165) is 21.6 Å². The molecule has 2 fully saturated rings. The lowest BCUT2D eigenvalue weighted by atomic mass is 10.0. The van der Waals surface area contributed by atoms with E-state index in [9.17, 15) is 22.8 Å². The molecular weight excluding hydrogens is 479 g/mol. The fraction of sp³-hybridized carbons (Fsp3) is 0.240. The molecule has 1 aromatic heterocycles. The highest BCUT2D eigenvalue weighted by Crippen LogP contribution is 2.50. The number of hydrogen-bond donors (Lipinski definition) is 0. The third kappa shape index (κ3) is 4.34. The van der Waals surface area contributed by atoms with E-state index in [1.165, 1.54) is 24.3 Å².